The van der Waals surface area contributed by atoms with Crippen molar-refractivity contribution in [1.82, 2.24) is 15.1 Å². The second-order valence-corrected chi connectivity index (χ2v) is 7.37. The zero-order chi connectivity index (χ0) is 19.2. The molecule has 7 heteroatoms. The van der Waals surface area contributed by atoms with E-state index in [1.165, 1.54) is 11.1 Å². The molecule has 2 fully saturated rings. The maximum Gasteiger partial charge on any atom is 0.238 e. The molecule has 0 radical (unpaired) electrons. The highest BCUT2D eigenvalue weighted by atomic mass is 16.5. The molecule has 2 saturated heterocycles. The van der Waals surface area contributed by atoms with E-state index in [1.54, 1.807) is 4.90 Å². The van der Waals surface area contributed by atoms with Crippen molar-refractivity contribution in [2.75, 3.05) is 45.9 Å². The molecule has 3 N–H and O–H groups in total. The van der Waals surface area contributed by atoms with Crippen LogP contribution in [0.2, 0.25) is 0 Å². The first-order chi connectivity index (χ1) is 13.0. The Morgan fingerprint density at radius 1 is 1.30 bits per heavy atom. The summed E-state index contributed by atoms with van der Waals surface area (Å²) < 4.78 is 5.47. The summed E-state index contributed by atoms with van der Waals surface area (Å²) in [6.45, 7) is 6.62. The molecule has 1 aromatic carbocycles. The van der Waals surface area contributed by atoms with Crippen molar-refractivity contribution in [2.45, 2.75) is 31.8 Å². The Morgan fingerprint density at radius 3 is 2.74 bits per heavy atom. The highest BCUT2D eigenvalue weighted by molar-refractivity contribution is 5.83. The molecule has 27 heavy (non-hydrogen) atoms. The lowest BCUT2D eigenvalue weighted by Gasteiger charge is -2.35. The predicted molar refractivity (Wildman–Crippen MR) is 103 cm³/mol. The molecule has 2 amide bonds. The molecule has 0 bridgehead atoms. The standard InChI is InChI=1S/C20H30N4O3/c1-15-4-2-5-16(12-15)18(23-8-10-27-11-9-23)13-22-20(26)17(21)14-24-7-3-6-19(24)25/h2,4-5,12,17-18H,3,6-11,13-14,21H2,1H3,(H,22,26)/t17-,18?/m0/s1. The summed E-state index contributed by atoms with van der Waals surface area (Å²) in [6.07, 6.45) is 1.40. The largest absolute Gasteiger partial charge is 0.379 e. The van der Waals surface area contributed by atoms with E-state index in [-0.39, 0.29) is 24.4 Å². The van der Waals surface area contributed by atoms with Crippen molar-refractivity contribution in [3.63, 3.8) is 0 Å². The fourth-order valence-corrected chi connectivity index (χ4v) is 3.77. The van der Waals surface area contributed by atoms with Gasteiger partial charge in [0.15, 0.2) is 0 Å². The van der Waals surface area contributed by atoms with Gasteiger partial charge < -0.3 is 20.7 Å². The maximum absolute atomic E-state index is 12.5. The van der Waals surface area contributed by atoms with Crippen LogP contribution in [-0.4, -0.2) is 73.6 Å². The number of nitrogens with two attached hydrogens (primary N) is 1. The third kappa shape index (κ3) is 5.28. The molecule has 0 aromatic heterocycles. The van der Waals surface area contributed by atoms with Crippen LogP contribution in [-0.2, 0) is 14.3 Å². The molecule has 0 saturated carbocycles. The van der Waals surface area contributed by atoms with E-state index in [2.05, 4.69) is 35.3 Å². The minimum absolute atomic E-state index is 0.0818. The fourth-order valence-electron chi connectivity index (χ4n) is 3.77. The van der Waals surface area contributed by atoms with E-state index in [0.29, 0.717) is 32.7 Å². The van der Waals surface area contributed by atoms with Crippen LogP contribution in [0.15, 0.2) is 24.3 Å². The molecular formula is C20H30N4O3. The van der Waals surface area contributed by atoms with E-state index in [1.807, 2.05) is 6.07 Å². The summed E-state index contributed by atoms with van der Waals surface area (Å²) in [5.41, 5.74) is 8.42. The number of morpholine rings is 1. The van der Waals surface area contributed by atoms with Crippen LogP contribution in [0.1, 0.15) is 30.0 Å². The summed E-state index contributed by atoms with van der Waals surface area (Å²) >= 11 is 0. The first kappa shape index (κ1) is 19.8. The molecular weight excluding hydrogens is 344 g/mol. The number of aryl methyl sites for hydroxylation is 1. The minimum Gasteiger partial charge on any atom is -0.379 e. The van der Waals surface area contributed by atoms with Gasteiger partial charge in [-0.15, -0.1) is 0 Å². The molecule has 3 rings (SSSR count). The third-order valence-corrected chi connectivity index (χ3v) is 5.31. The van der Waals surface area contributed by atoms with E-state index < -0.39 is 6.04 Å². The Kier molecular flexibility index (Phi) is 6.82. The van der Waals surface area contributed by atoms with Gasteiger partial charge in [0.05, 0.1) is 19.3 Å². The summed E-state index contributed by atoms with van der Waals surface area (Å²) in [6, 6.07) is 7.76. The van der Waals surface area contributed by atoms with Gasteiger partial charge in [0, 0.05) is 39.1 Å². The number of rotatable bonds is 7. The number of carbonyl (C=O) groups is 2. The van der Waals surface area contributed by atoms with E-state index in [4.69, 9.17) is 10.5 Å². The molecule has 2 aliphatic heterocycles. The van der Waals surface area contributed by atoms with Crippen molar-refractivity contribution < 1.29 is 14.3 Å². The van der Waals surface area contributed by atoms with Gasteiger partial charge in [-0.25, -0.2) is 0 Å². The summed E-state index contributed by atoms with van der Waals surface area (Å²) in [7, 11) is 0. The second kappa shape index (κ2) is 9.30. The highest BCUT2D eigenvalue weighted by Gasteiger charge is 2.27. The molecule has 2 aliphatic rings. The normalized spacial score (nSPS) is 20.5. The average Bonchev–Trinajstić information content (AvgIpc) is 3.07. The highest BCUT2D eigenvalue weighted by Crippen LogP contribution is 2.22. The van der Waals surface area contributed by atoms with Gasteiger partial charge in [-0.3, -0.25) is 14.5 Å². The predicted octanol–water partition coefficient (Wildman–Crippen LogP) is 0.434. The molecule has 148 valence electrons. The van der Waals surface area contributed by atoms with Gasteiger partial charge >= 0.3 is 0 Å². The van der Waals surface area contributed by atoms with Crippen LogP contribution in [0.4, 0.5) is 0 Å². The average molecular weight is 374 g/mol. The molecule has 2 heterocycles. The Balaban J connectivity index is 1.61. The number of hydrogen-bond donors (Lipinski definition) is 2. The first-order valence-corrected chi connectivity index (χ1v) is 9.74. The molecule has 1 aromatic rings. The van der Waals surface area contributed by atoms with Gasteiger partial charge in [-0.2, -0.15) is 0 Å². The number of hydrogen-bond acceptors (Lipinski definition) is 5. The maximum atomic E-state index is 12.5. The van der Waals surface area contributed by atoms with Gasteiger partial charge in [0.1, 0.15) is 6.04 Å². The van der Waals surface area contributed by atoms with Gasteiger partial charge in [-0.05, 0) is 18.9 Å². The zero-order valence-corrected chi connectivity index (χ0v) is 16.0. The molecule has 7 nitrogen and oxygen atoms in total. The van der Waals surface area contributed by atoms with E-state index in [0.717, 1.165) is 19.5 Å². The lowest BCUT2D eigenvalue weighted by atomic mass is 10.0. The summed E-state index contributed by atoms with van der Waals surface area (Å²) in [4.78, 5) is 28.3. The van der Waals surface area contributed by atoms with Crippen molar-refractivity contribution in [3.8, 4) is 0 Å². The van der Waals surface area contributed by atoms with Crippen molar-refractivity contribution in [1.29, 1.82) is 0 Å². The summed E-state index contributed by atoms with van der Waals surface area (Å²) in [5, 5.41) is 3.00. The monoisotopic (exact) mass is 374 g/mol. The van der Waals surface area contributed by atoms with Crippen LogP contribution < -0.4 is 11.1 Å². The van der Waals surface area contributed by atoms with Crippen LogP contribution in [0.3, 0.4) is 0 Å². The van der Waals surface area contributed by atoms with Crippen molar-refractivity contribution in [3.05, 3.63) is 35.4 Å². The molecule has 1 unspecified atom stereocenters. The van der Waals surface area contributed by atoms with Crippen molar-refractivity contribution in [2.24, 2.45) is 5.73 Å². The first-order valence-electron chi connectivity index (χ1n) is 9.74. The quantitative estimate of drug-likeness (QED) is 0.723. The second-order valence-electron chi connectivity index (χ2n) is 7.37. The smallest absolute Gasteiger partial charge is 0.238 e. The number of ether oxygens (including phenoxy) is 1. The van der Waals surface area contributed by atoms with Gasteiger partial charge in [-0.1, -0.05) is 29.8 Å². The number of carbonyl (C=O) groups excluding carboxylic acids is 2. The number of benzene rings is 1. The minimum atomic E-state index is -0.699. The SMILES string of the molecule is Cc1cccc(C(CNC(=O)[C@@H](N)CN2CCCC2=O)N2CCOCC2)c1. The Bertz CT molecular complexity index is 660. The topological polar surface area (TPSA) is 87.9 Å². The van der Waals surface area contributed by atoms with E-state index in [9.17, 15) is 9.59 Å². The van der Waals surface area contributed by atoms with Crippen LogP contribution in [0.25, 0.3) is 0 Å². The van der Waals surface area contributed by atoms with Crippen LogP contribution in [0.5, 0.6) is 0 Å². The van der Waals surface area contributed by atoms with Gasteiger partial charge in [0.2, 0.25) is 11.8 Å². The van der Waals surface area contributed by atoms with Crippen LogP contribution in [0, 0.1) is 6.92 Å². The number of nitrogens with one attached hydrogen (secondary N) is 1. The molecule has 2 atom stereocenters. The number of nitrogens with zero attached hydrogens (tertiary/aromatic N) is 2. The zero-order valence-electron chi connectivity index (χ0n) is 16.0. The third-order valence-electron chi connectivity index (χ3n) is 5.31. The van der Waals surface area contributed by atoms with Gasteiger partial charge in [0.25, 0.3) is 0 Å². The van der Waals surface area contributed by atoms with E-state index >= 15 is 0 Å². The Labute approximate surface area is 160 Å². The number of amides is 2. The van der Waals surface area contributed by atoms with Crippen molar-refractivity contribution >= 4 is 11.8 Å². The summed E-state index contributed by atoms with van der Waals surface area (Å²) in [5.74, 6) is -0.121. The Hall–Kier alpha value is -1.96. The fraction of sp³-hybridized carbons (Fsp3) is 0.600. The number of likely N-dealkylation sites (tertiary alicyclic amines) is 1. The lowest BCUT2D eigenvalue weighted by Crippen LogP contribution is -2.50. The lowest BCUT2D eigenvalue weighted by molar-refractivity contribution is -0.129. The molecule has 0 spiro atoms. The van der Waals surface area contributed by atoms with Crippen LogP contribution >= 0.6 is 0 Å². The molecule has 0 aliphatic carbocycles. The Morgan fingerprint density at radius 2 is 2.07 bits per heavy atom.